The van der Waals surface area contributed by atoms with Crippen LogP contribution in [0.5, 0.6) is 0 Å². The minimum atomic E-state index is -0.183. The van der Waals surface area contributed by atoms with Gasteiger partial charge in [0.25, 0.3) is 0 Å². The Morgan fingerprint density at radius 3 is 2.48 bits per heavy atom. The van der Waals surface area contributed by atoms with Crippen LogP contribution >= 0.6 is 0 Å². The lowest BCUT2D eigenvalue weighted by atomic mass is 10.1. The first kappa shape index (κ1) is 15.6. The number of H-pyrrole nitrogens is 1. The van der Waals surface area contributed by atoms with Crippen molar-refractivity contribution in [3.63, 3.8) is 0 Å². The number of benzene rings is 2. The van der Waals surface area contributed by atoms with E-state index in [0.717, 1.165) is 47.1 Å². The number of hydrogen-bond acceptors (Lipinski definition) is 1. The summed E-state index contributed by atoms with van der Waals surface area (Å²) in [4.78, 5) is 8.06. The zero-order valence-corrected chi connectivity index (χ0v) is 13.9. The summed E-state index contributed by atoms with van der Waals surface area (Å²) in [7, 11) is 0. The fourth-order valence-corrected chi connectivity index (χ4v) is 3.10. The summed E-state index contributed by atoms with van der Waals surface area (Å²) in [6.07, 6.45) is 4.77. The van der Waals surface area contributed by atoms with Crippen molar-refractivity contribution < 1.29 is 4.39 Å². The predicted octanol–water partition coefficient (Wildman–Crippen LogP) is 5.54. The molecule has 0 aliphatic heterocycles. The van der Waals surface area contributed by atoms with Gasteiger partial charge in [-0.3, -0.25) is 4.98 Å². The predicted molar refractivity (Wildman–Crippen MR) is 100.0 cm³/mol. The Balaban J connectivity index is 1.46. The molecule has 4 rings (SSSR count). The Labute approximate surface area is 146 Å². The molecule has 0 bridgehead atoms. The molecule has 0 spiro atoms. The van der Waals surface area contributed by atoms with E-state index < -0.39 is 0 Å². The SMILES string of the molecule is Fc1ccc(CCCc2cc3[nH]c(-c4ccccc4)cc3cn2)cc1. The van der Waals surface area contributed by atoms with E-state index in [2.05, 4.69) is 34.2 Å². The molecule has 2 aromatic carbocycles. The average Bonchev–Trinajstić information content (AvgIpc) is 3.07. The Morgan fingerprint density at radius 2 is 1.68 bits per heavy atom. The van der Waals surface area contributed by atoms with Gasteiger partial charge < -0.3 is 4.98 Å². The van der Waals surface area contributed by atoms with E-state index in [1.165, 1.54) is 17.7 Å². The summed E-state index contributed by atoms with van der Waals surface area (Å²) in [5, 5.41) is 1.13. The van der Waals surface area contributed by atoms with Gasteiger partial charge in [-0.15, -0.1) is 0 Å². The zero-order valence-electron chi connectivity index (χ0n) is 13.9. The van der Waals surface area contributed by atoms with E-state index in [1.54, 1.807) is 0 Å². The van der Waals surface area contributed by atoms with E-state index in [1.807, 2.05) is 36.5 Å². The molecule has 25 heavy (non-hydrogen) atoms. The highest BCUT2D eigenvalue weighted by Gasteiger charge is 2.05. The smallest absolute Gasteiger partial charge is 0.123 e. The molecule has 0 saturated heterocycles. The monoisotopic (exact) mass is 330 g/mol. The standard InChI is InChI=1S/C22H19FN2/c23-19-11-9-16(10-12-19)5-4-8-20-14-22-18(15-24-20)13-21(25-22)17-6-2-1-3-7-17/h1-3,6-7,9-15,25H,4-5,8H2. The largest absolute Gasteiger partial charge is 0.354 e. The van der Waals surface area contributed by atoms with Gasteiger partial charge in [-0.2, -0.15) is 0 Å². The molecule has 0 radical (unpaired) electrons. The van der Waals surface area contributed by atoms with Crippen molar-refractivity contribution >= 4 is 10.9 Å². The number of nitrogens with one attached hydrogen (secondary N) is 1. The van der Waals surface area contributed by atoms with Crippen LogP contribution in [0.15, 0.2) is 72.9 Å². The third-order valence-electron chi connectivity index (χ3n) is 4.46. The average molecular weight is 330 g/mol. The first-order valence-electron chi connectivity index (χ1n) is 8.55. The van der Waals surface area contributed by atoms with Crippen LogP contribution in [0.3, 0.4) is 0 Å². The van der Waals surface area contributed by atoms with Crippen LogP contribution in [0, 0.1) is 5.82 Å². The molecule has 124 valence electrons. The second-order valence-electron chi connectivity index (χ2n) is 6.29. The van der Waals surface area contributed by atoms with E-state index in [4.69, 9.17) is 0 Å². The van der Waals surface area contributed by atoms with Gasteiger partial charge in [-0.05, 0) is 54.7 Å². The highest BCUT2D eigenvalue weighted by atomic mass is 19.1. The number of aromatic nitrogens is 2. The maximum atomic E-state index is 12.9. The minimum Gasteiger partial charge on any atom is -0.354 e. The number of pyridine rings is 1. The Kier molecular flexibility index (Phi) is 4.30. The highest BCUT2D eigenvalue weighted by molar-refractivity contribution is 5.85. The van der Waals surface area contributed by atoms with Crippen molar-refractivity contribution in [2.45, 2.75) is 19.3 Å². The molecule has 0 fully saturated rings. The van der Waals surface area contributed by atoms with Crippen molar-refractivity contribution in [2.75, 3.05) is 0 Å². The van der Waals surface area contributed by atoms with Gasteiger partial charge in [0.15, 0.2) is 0 Å². The molecule has 0 aliphatic rings. The highest BCUT2D eigenvalue weighted by Crippen LogP contribution is 2.24. The summed E-state index contributed by atoms with van der Waals surface area (Å²) in [5.74, 6) is -0.183. The van der Waals surface area contributed by atoms with Crippen molar-refractivity contribution in [3.8, 4) is 11.3 Å². The molecule has 0 aliphatic carbocycles. The van der Waals surface area contributed by atoms with Gasteiger partial charge in [-0.25, -0.2) is 4.39 Å². The van der Waals surface area contributed by atoms with Crippen molar-refractivity contribution in [3.05, 3.63) is 90.0 Å². The van der Waals surface area contributed by atoms with Crippen LogP contribution in [0.25, 0.3) is 22.2 Å². The van der Waals surface area contributed by atoms with E-state index in [0.29, 0.717) is 0 Å². The molecule has 1 N–H and O–H groups in total. The van der Waals surface area contributed by atoms with Gasteiger partial charge in [0.2, 0.25) is 0 Å². The fourth-order valence-electron chi connectivity index (χ4n) is 3.10. The quantitative estimate of drug-likeness (QED) is 0.511. The van der Waals surface area contributed by atoms with Crippen LogP contribution in [-0.2, 0) is 12.8 Å². The summed E-state index contributed by atoms with van der Waals surface area (Å²) in [5.41, 5.74) is 5.65. The van der Waals surface area contributed by atoms with Crippen LogP contribution in [0.4, 0.5) is 4.39 Å². The lowest BCUT2D eigenvalue weighted by Gasteiger charge is -2.02. The number of aromatic amines is 1. The summed E-state index contributed by atoms with van der Waals surface area (Å²) in [6.45, 7) is 0. The lowest BCUT2D eigenvalue weighted by molar-refractivity contribution is 0.626. The zero-order chi connectivity index (χ0) is 17.1. The summed E-state index contributed by atoms with van der Waals surface area (Å²) in [6, 6.07) is 21.3. The van der Waals surface area contributed by atoms with Crippen LogP contribution in [0.2, 0.25) is 0 Å². The van der Waals surface area contributed by atoms with Gasteiger partial charge >= 0.3 is 0 Å². The summed E-state index contributed by atoms with van der Waals surface area (Å²) >= 11 is 0. The molecule has 4 aromatic rings. The molecule has 0 saturated carbocycles. The van der Waals surface area contributed by atoms with E-state index in [-0.39, 0.29) is 5.82 Å². The number of nitrogens with zero attached hydrogens (tertiary/aromatic N) is 1. The Hall–Kier alpha value is -2.94. The summed E-state index contributed by atoms with van der Waals surface area (Å²) < 4.78 is 12.9. The Morgan fingerprint density at radius 1 is 0.880 bits per heavy atom. The van der Waals surface area contributed by atoms with Gasteiger partial charge in [0.05, 0.1) is 0 Å². The number of rotatable bonds is 5. The molecule has 2 heterocycles. The third kappa shape index (κ3) is 3.61. The molecular formula is C22H19FN2. The third-order valence-corrected chi connectivity index (χ3v) is 4.46. The Bertz CT molecular complexity index is 972. The second-order valence-corrected chi connectivity index (χ2v) is 6.29. The van der Waals surface area contributed by atoms with E-state index >= 15 is 0 Å². The topological polar surface area (TPSA) is 28.7 Å². The number of fused-ring (bicyclic) bond motifs is 1. The molecule has 2 aromatic heterocycles. The first-order valence-corrected chi connectivity index (χ1v) is 8.55. The molecule has 0 amide bonds. The van der Waals surface area contributed by atoms with Crippen LogP contribution < -0.4 is 0 Å². The van der Waals surface area contributed by atoms with Gasteiger partial charge in [-0.1, -0.05) is 42.5 Å². The maximum Gasteiger partial charge on any atom is 0.123 e. The van der Waals surface area contributed by atoms with Crippen molar-refractivity contribution in [1.29, 1.82) is 0 Å². The van der Waals surface area contributed by atoms with E-state index in [9.17, 15) is 4.39 Å². The molecule has 3 heteroatoms. The van der Waals surface area contributed by atoms with Crippen molar-refractivity contribution in [2.24, 2.45) is 0 Å². The van der Waals surface area contributed by atoms with Gasteiger partial charge in [0, 0.05) is 28.5 Å². The first-order chi connectivity index (χ1) is 12.3. The number of hydrogen-bond donors (Lipinski definition) is 1. The van der Waals surface area contributed by atoms with Crippen LogP contribution in [0.1, 0.15) is 17.7 Å². The molecule has 2 nitrogen and oxygen atoms in total. The normalized spacial score (nSPS) is 11.1. The van der Waals surface area contributed by atoms with Crippen LogP contribution in [-0.4, -0.2) is 9.97 Å². The second kappa shape index (κ2) is 6.89. The minimum absolute atomic E-state index is 0.183. The van der Waals surface area contributed by atoms with Crippen molar-refractivity contribution in [1.82, 2.24) is 9.97 Å². The molecule has 0 atom stereocenters. The van der Waals surface area contributed by atoms with Gasteiger partial charge in [0.1, 0.15) is 5.82 Å². The lowest BCUT2D eigenvalue weighted by Crippen LogP contribution is -1.93. The number of aryl methyl sites for hydroxylation is 2. The molecule has 0 unspecified atom stereocenters. The number of halogens is 1. The maximum absolute atomic E-state index is 12.9. The fraction of sp³-hybridized carbons (Fsp3) is 0.136. The molecular weight excluding hydrogens is 311 g/mol.